The molecule has 1 N–H and O–H groups in total. The zero-order valence-corrected chi connectivity index (χ0v) is 26.0. The third-order valence-electron chi connectivity index (χ3n) is 6.78. The summed E-state index contributed by atoms with van der Waals surface area (Å²) < 4.78 is 26.8. The summed E-state index contributed by atoms with van der Waals surface area (Å²) in [7, 11) is 10.4. The Hall–Kier alpha value is -3.88. The molecule has 0 radical (unpaired) electrons. The summed E-state index contributed by atoms with van der Waals surface area (Å²) in [6, 6.07) is 5.83. The van der Waals surface area contributed by atoms with E-state index in [1.165, 1.54) is 11.3 Å². The van der Waals surface area contributed by atoms with Crippen LogP contribution in [0.25, 0.3) is 0 Å². The van der Waals surface area contributed by atoms with Crippen molar-refractivity contribution in [1.29, 1.82) is 0 Å². The number of thiazole rings is 1. The minimum absolute atomic E-state index is 0.174. The van der Waals surface area contributed by atoms with Crippen LogP contribution in [0.15, 0.2) is 18.2 Å². The molecule has 0 amide bonds. The Balaban J connectivity index is 1.62. The van der Waals surface area contributed by atoms with E-state index in [0.717, 1.165) is 37.6 Å². The molecule has 4 rings (SSSR count). The topological polar surface area (TPSA) is 124 Å². The third kappa shape index (κ3) is 7.49. The zero-order chi connectivity index (χ0) is 30.2. The highest BCUT2D eigenvalue weighted by Gasteiger charge is 2.21. The molecule has 3 heterocycles. The number of aryl methyl sites for hydroxylation is 1. The van der Waals surface area contributed by atoms with Crippen molar-refractivity contribution in [2.24, 2.45) is 0 Å². The number of ether oxygens (including phenoxy) is 5. The standard InChI is InChI=1S/C28H39N7O6S/c1-18-25(26(36)41-13-12-37-4)42-28(29-18)32-27-30-22(16-23(31-27)35-10-8-33(2)9-11-35)34(3)17-19-14-20(38-5)24(40-7)21(15-19)39-6/h14-16H,8-13,17H2,1-7H3,(H,29,30,31,32). The Labute approximate surface area is 250 Å². The first-order valence-electron chi connectivity index (χ1n) is 13.5. The van der Waals surface area contributed by atoms with Crippen molar-refractivity contribution in [3.8, 4) is 17.2 Å². The van der Waals surface area contributed by atoms with Crippen LogP contribution in [0.4, 0.5) is 22.7 Å². The van der Waals surface area contributed by atoms with Crippen LogP contribution in [0.3, 0.4) is 0 Å². The highest BCUT2D eigenvalue weighted by molar-refractivity contribution is 7.17. The number of nitrogens with one attached hydrogen (secondary N) is 1. The molecule has 0 aliphatic carbocycles. The van der Waals surface area contributed by atoms with Crippen molar-refractivity contribution < 1.29 is 28.5 Å². The van der Waals surface area contributed by atoms with Gasteiger partial charge in [0.15, 0.2) is 16.6 Å². The summed E-state index contributed by atoms with van der Waals surface area (Å²) in [5.41, 5.74) is 1.52. The predicted molar refractivity (Wildman–Crippen MR) is 162 cm³/mol. The van der Waals surface area contributed by atoms with Gasteiger partial charge in [0.05, 0.1) is 33.6 Å². The van der Waals surface area contributed by atoms with Crippen molar-refractivity contribution >= 4 is 40.0 Å². The quantitative estimate of drug-likeness (QED) is 0.228. The lowest BCUT2D eigenvalue weighted by Crippen LogP contribution is -2.45. The van der Waals surface area contributed by atoms with Crippen LogP contribution in [0, 0.1) is 6.92 Å². The first-order chi connectivity index (χ1) is 20.3. The number of anilines is 4. The minimum Gasteiger partial charge on any atom is -0.493 e. The number of rotatable bonds is 13. The van der Waals surface area contributed by atoms with Crippen LogP contribution < -0.4 is 29.3 Å². The van der Waals surface area contributed by atoms with Crippen molar-refractivity contribution in [3.05, 3.63) is 34.3 Å². The zero-order valence-electron chi connectivity index (χ0n) is 25.2. The molecule has 0 spiro atoms. The van der Waals surface area contributed by atoms with Gasteiger partial charge in [-0.25, -0.2) is 9.78 Å². The summed E-state index contributed by atoms with van der Waals surface area (Å²) >= 11 is 1.20. The molecule has 14 heteroatoms. The fourth-order valence-corrected chi connectivity index (χ4v) is 5.32. The molecule has 1 saturated heterocycles. The molecular formula is C28H39N7O6S. The molecule has 1 aliphatic heterocycles. The lowest BCUT2D eigenvalue weighted by molar-refractivity contribution is 0.0392. The fraction of sp³-hybridized carbons (Fsp3) is 0.500. The van der Waals surface area contributed by atoms with Gasteiger partial charge in [0.25, 0.3) is 0 Å². The van der Waals surface area contributed by atoms with Gasteiger partial charge in [-0.15, -0.1) is 0 Å². The number of piperazine rings is 1. The number of carbonyl (C=O) groups is 1. The van der Waals surface area contributed by atoms with Gasteiger partial charge in [0.2, 0.25) is 11.7 Å². The van der Waals surface area contributed by atoms with E-state index in [1.807, 2.05) is 30.1 Å². The van der Waals surface area contributed by atoms with Gasteiger partial charge in [0, 0.05) is 52.9 Å². The van der Waals surface area contributed by atoms with E-state index in [2.05, 4.69) is 27.1 Å². The van der Waals surface area contributed by atoms with Gasteiger partial charge in [-0.3, -0.25) is 5.32 Å². The van der Waals surface area contributed by atoms with Gasteiger partial charge in [-0.2, -0.15) is 9.97 Å². The maximum Gasteiger partial charge on any atom is 0.350 e. The highest BCUT2D eigenvalue weighted by Crippen LogP contribution is 2.39. The minimum atomic E-state index is -0.437. The van der Waals surface area contributed by atoms with Crippen LogP contribution in [-0.4, -0.2) is 108 Å². The number of esters is 1. The number of benzene rings is 1. The predicted octanol–water partition coefficient (Wildman–Crippen LogP) is 3.20. The first kappa shape index (κ1) is 31.1. The molecule has 1 aliphatic rings. The smallest absolute Gasteiger partial charge is 0.350 e. The SMILES string of the molecule is COCCOC(=O)c1sc(Nc2nc(N(C)Cc3cc(OC)c(OC)c(OC)c3)cc(N3CCN(C)CC3)n2)nc1C. The summed E-state index contributed by atoms with van der Waals surface area (Å²) in [4.78, 5) is 33.7. The van der Waals surface area contributed by atoms with Crippen molar-refractivity contribution in [1.82, 2.24) is 19.9 Å². The van der Waals surface area contributed by atoms with E-state index < -0.39 is 5.97 Å². The van der Waals surface area contributed by atoms with Gasteiger partial charge in [0.1, 0.15) is 23.1 Å². The molecule has 13 nitrogen and oxygen atoms in total. The molecule has 42 heavy (non-hydrogen) atoms. The second-order valence-electron chi connectivity index (χ2n) is 9.78. The maximum atomic E-state index is 12.5. The van der Waals surface area contributed by atoms with Crippen LogP contribution in [-0.2, 0) is 16.0 Å². The maximum absolute atomic E-state index is 12.5. The van der Waals surface area contributed by atoms with E-state index in [4.69, 9.17) is 33.7 Å². The fourth-order valence-electron chi connectivity index (χ4n) is 4.47. The molecule has 3 aromatic rings. The molecule has 1 aromatic carbocycles. The molecule has 1 fully saturated rings. The highest BCUT2D eigenvalue weighted by atomic mass is 32.1. The first-order valence-corrected chi connectivity index (χ1v) is 14.3. The number of hydrogen-bond donors (Lipinski definition) is 1. The van der Waals surface area contributed by atoms with Gasteiger partial charge >= 0.3 is 5.97 Å². The lowest BCUT2D eigenvalue weighted by Gasteiger charge is -2.33. The molecule has 228 valence electrons. The van der Waals surface area contributed by atoms with Crippen LogP contribution in [0.1, 0.15) is 20.9 Å². The lowest BCUT2D eigenvalue weighted by atomic mass is 10.1. The number of carbonyl (C=O) groups excluding carboxylic acids is 1. The Kier molecular flexibility index (Phi) is 10.6. The molecular weight excluding hydrogens is 562 g/mol. The Morgan fingerprint density at radius 1 is 0.976 bits per heavy atom. The Morgan fingerprint density at radius 3 is 2.29 bits per heavy atom. The Morgan fingerprint density at radius 2 is 1.67 bits per heavy atom. The van der Waals surface area contributed by atoms with E-state index in [0.29, 0.717) is 57.9 Å². The summed E-state index contributed by atoms with van der Waals surface area (Å²) in [5.74, 6) is 3.16. The van der Waals surface area contributed by atoms with Crippen LogP contribution in [0.5, 0.6) is 17.2 Å². The second-order valence-corrected chi connectivity index (χ2v) is 10.8. The van der Waals surface area contributed by atoms with Crippen LogP contribution in [0.2, 0.25) is 0 Å². The van der Waals surface area contributed by atoms with Crippen molar-refractivity contribution in [2.75, 3.05) is 97.0 Å². The second kappa shape index (κ2) is 14.3. The van der Waals surface area contributed by atoms with Crippen molar-refractivity contribution in [2.45, 2.75) is 13.5 Å². The molecule has 0 bridgehead atoms. The number of nitrogens with zero attached hydrogens (tertiary/aromatic N) is 6. The van der Waals surface area contributed by atoms with E-state index in [1.54, 1.807) is 35.4 Å². The monoisotopic (exact) mass is 601 g/mol. The summed E-state index contributed by atoms with van der Waals surface area (Å²) in [5, 5.41) is 3.72. The van der Waals surface area contributed by atoms with E-state index in [9.17, 15) is 4.79 Å². The average Bonchev–Trinajstić information content (AvgIpc) is 3.36. The van der Waals surface area contributed by atoms with Gasteiger partial charge < -0.3 is 38.4 Å². The molecule has 0 saturated carbocycles. The summed E-state index contributed by atoms with van der Waals surface area (Å²) in [6.07, 6.45) is 0. The summed E-state index contributed by atoms with van der Waals surface area (Å²) in [6.45, 7) is 6.35. The molecule has 2 aromatic heterocycles. The number of likely N-dealkylation sites (N-methyl/N-ethyl adjacent to an activating group) is 1. The molecule has 0 unspecified atom stereocenters. The molecule has 0 atom stereocenters. The normalized spacial score (nSPS) is 13.5. The number of methoxy groups -OCH3 is 4. The number of aromatic nitrogens is 3. The number of hydrogen-bond acceptors (Lipinski definition) is 14. The van der Waals surface area contributed by atoms with Gasteiger partial charge in [-0.05, 0) is 31.7 Å². The average molecular weight is 602 g/mol. The Bertz CT molecular complexity index is 1340. The largest absolute Gasteiger partial charge is 0.493 e. The van der Waals surface area contributed by atoms with Crippen LogP contribution >= 0.6 is 11.3 Å². The van der Waals surface area contributed by atoms with Gasteiger partial charge in [-0.1, -0.05) is 11.3 Å². The van der Waals surface area contributed by atoms with E-state index in [-0.39, 0.29) is 6.61 Å². The van der Waals surface area contributed by atoms with Crippen molar-refractivity contribution in [3.63, 3.8) is 0 Å². The van der Waals surface area contributed by atoms with E-state index >= 15 is 0 Å². The third-order valence-corrected chi connectivity index (χ3v) is 7.84.